The summed E-state index contributed by atoms with van der Waals surface area (Å²) in [5.74, 6) is -1.41. The number of hydrogen-bond acceptors (Lipinski definition) is 6. The zero-order valence-electron chi connectivity index (χ0n) is 15.4. The molecule has 0 aliphatic rings. The molecule has 0 fully saturated rings. The first-order valence-electron chi connectivity index (χ1n) is 8.24. The van der Waals surface area contributed by atoms with Crippen LogP contribution in [0.25, 0.3) is 0 Å². The van der Waals surface area contributed by atoms with Crippen molar-refractivity contribution in [1.82, 2.24) is 5.32 Å². The van der Waals surface area contributed by atoms with Gasteiger partial charge in [0.25, 0.3) is 5.02 Å². The van der Waals surface area contributed by atoms with Crippen molar-refractivity contribution in [2.24, 2.45) is 0 Å². The van der Waals surface area contributed by atoms with Crippen molar-refractivity contribution in [3.05, 3.63) is 35.9 Å². The maximum Gasteiger partial charge on any atom is 0.408 e. The molecule has 27 heavy (non-hydrogen) atoms. The molecule has 1 aromatic carbocycles. The molecule has 0 unspecified atom stereocenters. The molecule has 0 spiro atoms. The van der Waals surface area contributed by atoms with E-state index in [1.807, 2.05) is 30.3 Å². The van der Waals surface area contributed by atoms with Crippen molar-refractivity contribution in [2.75, 3.05) is 0 Å². The van der Waals surface area contributed by atoms with E-state index < -0.39 is 34.7 Å². The number of carbonyl (C=O) groups is 3. The lowest BCUT2D eigenvalue weighted by Crippen LogP contribution is -2.44. The highest BCUT2D eigenvalue weighted by Crippen LogP contribution is 2.12. The zero-order chi connectivity index (χ0) is 20.4. The standard InChI is InChI=1S/C18H23Cl2NO6/c1-18(2,3)27-17(24)21-13(15(23)26-16(19)20)9-10-14(22)25-11-12-7-5-4-6-8-12/h4-8,13,16H,9-11H2,1-3H3,(H,21,24)/t13-/m0/s1. The number of carbonyl (C=O) groups excluding carboxylic acids is 3. The van der Waals surface area contributed by atoms with Crippen LogP contribution in [0.15, 0.2) is 30.3 Å². The number of rotatable bonds is 8. The number of nitrogens with one attached hydrogen (secondary N) is 1. The Morgan fingerprint density at radius 1 is 1.11 bits per heavy atom. The minimum Gasteiger partial charge on any atom is -0.461 e. The third-order valence-corrected chi connectivity index (χ3v) is 3.24. The second kappa shape index (κ2) is 11.0. The van der Waals surface area contributed by atoms with Crippen LogP contribution >= 0.6 is 23.2 Å². The van der Waals surface area contributed by atoms with E-state index >= 15 is 0 Å². The van der Waals surface area contributed by atoms with Gasteiger partial charge >= 0.3 is 18.0 Å². The van der Waals surface area contributed by atoms with Crippen LogP contribution in [-0.4, -0.2) is 34.7 Å². The van der Waals surface area contributed by atoms with Gasteiger partial charge in [-0.2, -0.15) is 0 Å². The predicted octanol–water partition coefficient (Wildman–Crippen LogP) is 3.71. The molecule has 1 amide bonds. The van der Waals surface area contributed by atoms with Gasteiger partial charge in [-0.15, -0.1) is 0 Å². The van der Waals surface area contributed by atoms with E-state index in [0.717, 1.165) is 5.56 Å². The number of ether oxygens (including phenoxy) is 3. The Morgan fingerprint density at radius 2 is 1.74 bits per heavy atom. The van der Waals surface area contributed by atoms with Crippen LogP contribution < -0.4 is 5.32 Å². The molecule has 0 aliphatic heterocycles. The largest absolute Gasteiger partial charge is 0.461 e. The number of alkyl carbamates (subject to hydrolysis) is 1. The molecule has 7 nitrogen and oxygen atoms in total. The lowest BCUT2D eigenvalue weighted by atomic mass is 10.1. The van der Waals surface area contributed by atoms with Crippen LogP contribution in [-0.2, 0) is 30.4 Å². The summed E-state index contributed by atoms with van der Waals surface area (Å²) in [7, 11) is 0. The average Bonchev–Trinajstić information content (AvgIpc) is 2.55. The van der Waals surface area contributed by atoms with Gasteiger partial charge in [0.2, 0.25) is 0 Å². The van der Waals surface area contributed by atoms with E-state index in [2.05, 4.69) is 10.1 Å². The van der Waals surface area contributed by atoms with Crippen molar-refractivity contribution < 1.29 is 28.6 Å². The van der Waals surface area contributed by atoms with Crippen LogP contribution in [0.3, 0.4) is 0 Å². The Hall–Kier alpha value is -1.99. The summed E-state index contributed by atoms with van der Waals surface area (Å²) < 4.78 is 14.9. The summed E-state index contributed by atoms with van der Waals surface area (Å²) in [6.45, 7) is 5.14. The highest BCUT2D eigenvalue weighted by atomic mass is 35.5. The summed E-state index contributed by atoms with van der Waals surface area (Å²) in [6.07, 6.45) is -1.02. The summed E-state index contributed by atoms with van der Waals surface area (Å²) in [6, 6.07) is 7.98. The number of benzene rings is 1. The highest BCUT2D eigenvalue weighted by molar-refractivity contribution is 6.43. The first-order valence-corrected chi connectivity index (χ1v) is 9.12. The van der Waals surface area contributed by atoms with Crippen molar-refractivity contribution in [3.8, 4) is 0 Å². The second-order valence-corrected chi connectivity index (χ2v) is 7.60. The lowest BCUT2D eigenvalue weighted by Gasteiger charge is -2.23. The van der Waals surface area contributed by atoms with Crippen LogP contribution in [0, 0.1) is 0 Å². The van der Waals surface area contributed by atoms with Crippen molar-refractivity contribution >= 4 is 41.2 Å². The molecule has 9 heteroatoms. The lowest BCUT2D eigenvalue weighted by molar-refractivity contribution is -0.147. The minimum absolute atomic E-state index is 0.0633. The van der Waals surface area contributed by atoms with Gasteiger partial charge < -0.3 is 19.5 Å². The van der Waals surface area contributed by atoms with Gasteiger partial charge in [-0.25, -0.2) is 9.59 Å². The zero-order valence-corrected chi connectivity index (χ0v) is 16.9. The summed E-state index contributed by atoms with van der Waals surface area (Å²) in [5.41, 5.74) is 0.0788. The van der Waals surface area contributed by atoms with E-state index in [1.54, 1.807) is 20.8 Å². The minimum atomic E-state index is -1.40. The average molecular weight is 420 g/mol. The molecule has 0 saturated carbocycles. The summed E-state index contributed by atoms with van der Waals surface area (Å²) in [4.78, 5) is 35.8. The van der Waals surface area contributed by atoms with Gasteiger partial charge in [0.15, 0.2) is 0 Å². The van der Waals surface area contributed by atoms with Gasteiger partial charge in [0.05, 0.1) is 0 Å². The van der Waals surface area contributed by atoms with Gasteiger partial charge in [-0.05, 0) is 32.8 Å². The molecule has 0 bridgehead atoms. The molecule has 0 aliphatic carbocycles. The number of halogens is 2. The smallest absolute Gasteiger partial charge is 0.408 e. The molecule has 0 saturated heterocycles. The van der Waals surface area contributed by atoms with Crippen LogP contribution in [0.4, 0.5) is 4.79 Å². The fraction of sp³-hybridized carbons (Fsp3) is 0.500. The second-order valence-electron chi connectivity index (χ2n) is 6.58. The van der Waals surface area contributed by atoms with Gasteiger partial charge in [0.1, 0.15) is 18.2 Å². The van der Waals surface area contributed by atoms with E-state index in [9.17, 15) is 14.4 Å². The highest BCUT2D eigenvalue weighted by Gasteiger charge is 2.27. The third-order valence-electron chi connectivity index (χ3n) is 3.06. The Morgan fingerprint density at radius 3 is 2.30 bits per heavy atom. The monoisotopic (exact) mass is 419 g/mol. The normalized spacial score (nSPS) is 12.2. The Labute approximate surface area is 168 Å². The van der Waals surface area contributed by atoms with Crippen LogP contribution in [0.5, 0.6) is 0 Å². The van der Waals surface area contributed by atoms with Gasteiger partial charge in [-0.1, -0.05) is 53.5 Å². The maximum absolute atomic E-state index is 12.0. The van der Waals surface area contributed by atoms with Gasteiger partial charge in [0, 0.05) is 6.42 Å². The molecule has 150 valence electrons. The number of hydrogen-bond donors (Lipinski definition) is 1. The number of esters is 2. The maximum atomic E-state index is 12.0. The molecule has 1 aromatic rings. The quantitative estimate of drug-likeness (QED) is 0.392. The molecule has 0 heterocycles. The van der Waals surface area contributed by atoms with E-state index in [4.69, 9.17) is 32.7 Å². The molecule has 1 rings (SSSR count). The van der Waals surface area contributed by atoms with E-state index in [0.29, 0.717) is 0 Å². The number of alkyl halides is 2. The Balaban J connectivity index is 2.57. The number of amides is 1. The topological polar surface area (TPSA) is 90.9 Å². The third kappa shape index (κ3) is 10.7. The fourth-order valence-corrected chi connectivity index (χ4v) is 2.12. The van der Waals surface area contributed by atoms with Crippen molar-refractivity contribution in [3.63, 3.8) is 0 Å². The molecular formula is C18H23Cl2NO6. The molecular weight excluding hydrogens is 397 g/mol. The summed E-state index contributed by atoms with van der Waals surface area (Å²) >= 11 is 10.9. The fourth-order valence-electron chi connectivity index (χ4n) is 1.94. The van der Waals surface area contributed by atoms with Crippen molar-refractivity contribution in [1.29, 1.82) is 0 Å². The first-order chi connectivity index (χ1) is 12.6. The van der Waals surface area contributed by atoms with Crippen molar-refractivity contribution in [2.45, 2.75) is 56.9 Å². The summed E-state index contributed by atoms with van der Waals surface area (Å²) in [5, 5.41) is 0.949. The van der Waals surface area contributed by atoms with E-state index in [-0.39, 0.29) is 19.4 Å². The van der Waals surface area contributed by atoms with E-state index in [1.165, 1.54) is 0 Å². The van der Waals surface area contributed by atoms with Crippen LogP contribution in [0.1, 0.15) is 39.2 Å². The molecule has 0 aromatic heterocycles. The van der Waals surface area contributed by atoms with Crippen LogP contribution in [0.2, 0.25) is 0 Å². The SMILES string of the molecule is CC(C)(C)OC(=O)N[C@@H](CCC(=O)OCc1ccccc1)C(=O)OC(Cl)Cl. The molecule has 0 radical (unpaired) electrons. The predicted molar refractivity (Wildman–Crippen MR) is 100 cm³/mol. The Kier molecular flexibility index (Phi) is 9.38. The van der Waals surface area contributed by atoms with Gasteiger partial charge in [-0.3, -0.25) is 4.79 Å². The first kappa shape index (κ1) is 23.0. The molecule has 1 atom stereocenters. The Bertz CT molecular complexity index is 630. The molecule has 1 N–H and O–H groups in total.